The second kappa shape index (κ2) is 3.01. The lowest BCUT2D eigenvalue weighted by molar-refractivity contribution is 0.437. The maximum absolute atomic E-state index is 4.17. The largest absolute Gasteiger partial charge is 0.367 e. The highest BCUT2D eigenvalue weighted by Gasteiger charge is 2.39. The molecule has 1 aromatic heterocycles. The highest BCUT2D eigenvalue weighted by molar-refractivity contribution is 5.35. The normalized spacial score (nSPS) is 35.1. The molecule has 0 radical (unpaired) electrons. The van der Waals surface area contributed by atoms with Crippen LogP contribution in [0.25, 0.3) is 0 Å². The van der Waals surface area contributed by atoms with Gasteiger partial charge in [-0.1, -0.05) is 6.42 Å². The molecule has 0 aromatic carbocycles. The predicted octanol–water partition coefficient (Wildman–Crippen LogP) is 2.02. The number of anilines is 1. The molecule has 1 N–H and O–H groups in total. The van der Waals surface area contributed by atoms with Gasteiger partial charge in [-0.2, -0.15) is 5.10 Å². The Kier molecular flexibility index (Phi) is 1.79. The first-order valence-corrected chi connectivity index (χ1v) is 5.57. The molecule has 3 rings (SSSR count). The molecule has 3 heteroatoms. The van der Waals surface area contributed by atoms with E-state index in [1.54, 1.807) is 0 Å². The average molecular weight is 191 g/mol. The topological polar surface area (TPSA) is 29.9 Å². The molecular formula is C11H17N3. The van der Waals surface area contributed by atoms with Gasteiger partial charge in [-0.15, -0.1) is 0 Å². The molecule has 0 saturated heterocycles. The van der Waals surface area contributed by atoms with Crippen LogP contribution in [0.5, 0.6) is 0 Å². The Morgan fingerprint density at radius 1 is 1.43 bits per heavy atom. The van der Waals surface area contributed by atoms with Gasteiger partial charge in [0.2, 0.25) is 0 Å². The maximum atomic E-state index is 4.17. The summed E-state index contributed by atoms with van der Waals surface area (Å²) in [5.41, 5.74) is 0. The van der Waals surface area contributed by atoms with Crippen LogP contribution < -0.4 is 5.32 Å². The third-order valence-corrected chi connectivity index (χ3v) is 3.89. The third kappa shape index (κ3) is 1.22. The average Bonchev–Trinajstić information content (AvgIpc) is 2.83. The zero-order chi connectivity index (χ0) is 9.54. The summed E-state index contributed by atoms with van der Waals surface area (Å²) in [6.45, 7) is 0. The van der Waals surface area contributed by atoms with E-state index in [2.05, 4.69) is 16.5 Å². The summed E-state index contributed by atoms with van der Waals surface area (Å²) in [5, 5.41) is 7.80. The molecule has 2 aliphatic rings. The summed E-state index contributed by atoms with van der Waals surface area (Å²) in [5.74, 6) is 3.10. The zero-order valence-corrected chi connectivity index (χ0v) is 8.61. The summed E-state index contributed by atoms with van der Waals surface area (Å²) >= 11 is 0. The van der Waals surface area contributed by atoms with Crippen molar-refractivity contribution < 1.29 is 0 Å². The lowest BCUT2D eigenvalue weighted by atomic mass is 9.95. The first-order chi connectivity index (χ1) is 6.83. The van der Waals surface area contributed by atoms with Crippen LogP contribution in [-0.4, -0.2) is 15.8 Å². The van der Waals surface area contributed by atoms with Crippen molar-refractivity contribution in [2.75, 3.05) is 5.32 Å². The summed E-state index contributed by atoms with van der Waals surface area (Å²) in [6.07, 6.45) is 7.58. The molecule has 2 saturated carbocycles. The van der Waals surface area contributed by atoms with E-state index in [9.17, 15) is 0 Å². The van der Waals surface area contributed by atoms with Gasteiger partial charge >= 0.3 is 0 Å². The van der Waals surface area contributed by atoms with Crippen LogP contribution in [0.3, 0.4) is 0 Å². The Bertz CT molecular complexity index is 331. The van der Waals surface area contributed by atoms with Crippen molar-refractivity contribution in [2.45, 2.75) is 31.7 Å². The van der Waals surface area contributed by atoms with E-state index >= 15 is 0 Å². The Balaban J connectivity index is 1.71. The van der Waals surface area contributed by atoms with Gasteiger partial charge in [0, 0.05) is 19.2 Å². The van der Waals surface area contributed by atoms with E-state index < -0.39 is 0 Å². The van der Waals surface area contributed by atoms with E-state index in [4.69, 9.17) is 0 Å². The van der Waals surface area contributed by atoms with Gasteiger partial charge < -0.3 is 5.32 Å². The maximum Gasteiger partial charge on any atom is 0.124 e. The molecule has 14 heavy (non-hydrogen) atoms. The van der Waals surface area contributed by atoms with Gasteiger partial charge in [0.05, 0.1) is 6.20 Å². The fourth-order valence-corrected chi connectivity index (χ4v) is 3.13. The van der Waals surface area contributed by atoms with Crippen molar-refractivity contribution >= 4 is 5.82 Å². The summed E-state index contributed by atoms with van der Waals surface area (Å²) in [7, 11) is 2.00. The number of hydrogen-bond donors (Lipinski definition) is 1. The minimum Gasteiger partial charge on any atom is -0.367 e. The molecule has 0 spiro atoms. The molecule has 3 nitrogen and oxygen atoms in total. The van der Waals surface area contributed by atoms with Crippen molar-refractivity contribution in [2.24, 2.45) is 18.9 Å². The second-order valence-electron chi connectivity index (χ2n) is 4.77. The van der Waals surface area contributed by atoms with Gasteiger partial charge in [0.1, 0.15) is 5.82 Å². The molecule has 2 aliphatic carbocycles. The van der Waals surface area contributed by atoms with E-state index in [0.717, 1.165) is 11.8 Å². The smallest absolute Gasteiger partial charge is 0.124 e. The van der Waals surface area contributed by atoms with Crippen molar-refractivity contribution in [3.63, 3.8) is 0 Å². The number of fused-ring (bicyclic) bond motifs is 2. The van der Waals surface area contributed by atoms with Gasteiger partial charge in [-0.25, -0.2) is 0 Å². The molecule has 3 unspecified atom stereocenters. The molecule has 0 amide bonds. The Morgan fingerprint density at radius 2 is 2.36 bits per heavy atom. The van der Waals surface area contributed by atoms with Crippen LogP contribution in [0.4, 0.5) is 5.82 Å². The summed E-state index contributed by atoms with van der Waals surface area (Å²) < 4.78 is 1.92. The molecule has 1 aromatic rings. The lowest BCUT2D eigenvalue weighted by Crippen LogP contribution is -2.26. The number of rotatable bonds is 2. The van der Waals surface area contributed by atoms with E-state index in [0.29, 0.717) is 6.04 Å². The Hall–Kier alpha value is -0.990. The van der Waals surface area contributed by atoms with Crippen LogP contribution in [0.1, 0.15) is 25.7 Å². The van der Waals surface area contributed by atoms with Crippen molar-refractivity contribution in [3.8, 4) is 0 Å². The summed E-state index contributed by atoms with van der Waals surface area (Å²) in [6, 6.07) is 2.77. The minimum atomic E-state index is 0.712. The van der Waals surface area contributed by atoms with Crippen LogP contribution >= 0.6 is 0 Å². The monoisotopic (exact) mass is 191 g/mol. The van der Waals surface area contributed by atoms with Gasteiger partial charge in [-0.05, 0) is 31.1 Å². The van der Waals surface area contributed by atoms with Crippen molar-refractivity contribution in [3.05, 3.63) is 12.3 Å². The molecule has 0 aliphatic heterocycles. The van der Waals surface area contributed by atoms with Crippen molar-refractivity contribution in [1.82, 2.24) is 9.78 Å². The quantitative estimate of drug-likeness (QED) is 0.775. The lowest BCUT2D eigenvalue weighted by Gasteiger charge is -2.23. The van der Waals surface area contributed by atoms with Crippen LogP contribution in [0, 0.1) is 11.8 Å². The number of nitrogens with zero attached hydrogens (tertiary/aromatic N) is 2. The van der Waals surface area contributed by atoms with Gasteiger partial charge in [0.15, 0.2) is 0 Å². The molecule has 2 fully saturated rings. The fraction of sp³-hybridized carbons (Fsp3) is 0.727. The molecule has 76 valence electrons. The highest BCUT2D eigenvalue weighted by atomic mass is 15.3. The molecule has 2 bridgehead atoms. The van der Waals surface area contributed by atoms with Crippen molar-refractivity contribution in [1.29, 1.82) is 0 Å². The Labute approximate surface area is 84.5 Å². The van der Waals surface area contributed by atoms with E-state index in [1.807, 2.05) is 17.9 Å². The van der Waals surface area contributed by atoms with Gasteiger partial charge in [-0.3, -0.25) is 4.68 Å². The van der Waals surface area contributed by atoms with Gasteiger partial charge in [0.25, 0.3) is 0 Å². The van der Waals surface area contributed by atoms with Crippen LogP contribution in [0.15, 0.2) is 12.3 Å². The third-order valence-electron chi connectivity index (χ3n) is 3.89. The number of aryl methyl sites for hydroxylation is 1. The molecule has 1 heterocycles. The summed E-state index contributed by atoms with van der Waals surface area (Å²) in [4.78, 5) is 0. The first kappa shape index (κ1) is 8.33. The van der Waals surface area contributed by atoms with E-state index in [-0.39, 0.29) is 0 Å². The molecule has 3 atom stereocenters. The molecular weight excluding hydrogens is 174 g/mol. The number of hydrogen-bond acceptors (Lipinski definition) is 2. The van der Waals surface area contributed by atoms with Crippen LogP contribution in [0.2, 0.25) is 0 Å². The fourth-order valence-electron chi connectivity index (χ4n) is 3.13. The standard InChI is InChI=1S/C11H17N3/c1-14-11(4-5-12-14)13-10-7-8-2-3-9(10)6-8/h4-5,8-10,13H,2-3,6-7H2,1H3. The second-order valence-corrected chi connectivity index (χ2v) is 4.77. The number of aromatic nitrogens is 2. The number of nitrogens with one attached hydrogen (secondary N) is 1. The van der Waals surface area contributed by atoms with E-state index in [1.165, 1.54) is 31.5 Å². The Morgan fingerprint density at radius 3 is 2.93 bits per heavy atom. The minimum absolute atomic E-state index is 0.712. The zero-order valence-electron chi connectivity index (χ0n) is 8.61. The first-order valence-electron chi connectivity index (χ1n) is 5.57. The SMILES string of the molecule is Cn1nccc1NC1CC2CCC1C2. The van der Waals surface area contributed by atoms with Crippen LogP contribution in [-0.2, 0) is 7.05 Å². The highest BCUT2D eigenvalue weighted by Crippen LogP contribution is 2.45. The predicted molar refractivity (Wildman–Crippen MR) is 56.1 cm³/mol.